The number of esters is 1. The third-order valence-electron chi connectivity index (χ3n) is 1.77. The van der Waals surface area contributed by atoms with Crippen LogP contribution in [0.2, 0.25) is 0 Å². The molecule has 0 aliphatic carbocycles. The molecular formula is C11H12O5. The molecule has 0 aliphatic rings. The van der Waals surface area contributed by atoms with Gasteiger partial charge in [-0.25, -0.2) is 9.59 Å². The van der Waals surface area contributed by atoms with Crippen LogP contribution in [0, 0.1) is 0 Å². The van der Waals surface area contributed by atoms with Gasteiger partial charge in [-0.3, -0.25) is 4.89 Å². The predicted octanol–water partition coefficient (Wildman–Crippen LogP) is 1.58. The third-order valence-corrected chi connectivity index (χ3v) is 1.77. The molecule has 1 rings (SSSR count). The average Bonchev–Trinajstić information content (AvgIpc) is 2.30. The van der Waals surface area contributed by atoms with Crippen molar-refractivity contribution < 1.29 is 24.1 Å². The topological polar surface area (TPSA) is 61.8 Å². The quantitative estimate of drug-likeness (QED) is 0.441. The number of carbonyl (C=O) groups is 2. The Morgan fingerprint density at radius 3 is 2.38 bits per heavy atom. The molecule has 86 valence electrons. The maximum Gasteiger partial charge on any atom is 0.373 e. The van der Waals surface area contributed by atoms with E-state index in [1.165, 1.54) is 19.2 Å². The van der Waals surface area contributed by atoms with Gasteiger partial charge in [0.1, 0.15) is 0 Å². The van der Waals surface area contributed by atoms with E-state index < -0.39 is 11.9 Å². The minimum atomic E-state index is -0.659. The van der Waals surface area contributed by atoms with Crippen molar-refractivity contribution in [2.75, 3.05) is 13.7 Å². The zero-order valence-electron chi connectivity index (χ0n) is 9.06. The lowest BCUT2D eigenvalue weighted by molar-refractivity contribution is -0.216. The molecule has 5 nitrogen and oxygen atoms in total. The minimum Gasteiger partial charge on any atom is -0.462 e. The number of hydrogen-bond donors (Lipinski definition) is 0. The number of ether oxygens (including phenoxy) is 1. The lowest BCUT2D eigenvalue weighted by atomic mass is 10.1. The molecule has 16 heavy (non-hydrogen) atoms. The van der Waals surface area contributed by atoms with E-state index in [2.05, 4.69) is 9.78 Å². The summed E-state index contributed by atoms with van der Waals surface area (Å²) in [6.07, 6.45) is 0. The fraction of sp³-hybridized carbons (Fsp3) is 0.273. The van der Waals surface area contributed by atoms with Crippen LogP contribution < -0.4 is 0 Å². The van der Waals surface area contributed by atoms with Crippen LogP contribution in [0.1, 0.15) is 27.6 Å². The molecule has 0 aliphatic heterocycles. The normalized spacial score (nSPS) is 9.62. The molecule has 0 N–H and O–H groups in total. The zero-order chi connectivity index (χ0) is 12.0. The first kappa shape index (κ1) is 12.2. The summed E-state index contributed by atoms with van der Waals surface area (Å²) in [4.78, 5) is 31.2. The first-order chi connectivity index (χ1) is 7.69. The van der Waals surface area contributed by atoms with Crippen molar-refractivity contribution in [3.8, 4) is 0 Å². The summed E-state index contributed by atoms with van der Waals surface area (Å²) in [6.45, 7) is 1.99. The fourth-order valence-electron chi connectivity index (χ4n) is 1.11. The summed E-state index contributed by atoms with van der Waals surface area (Å²) in [5, 5.41) is 0. The smallest absolute Gasteiger partial charge is 0.373 e. The van der Waals surface area contributed by atoms with Crippen molar-refractivity contribution in [3.63, 3.8) is 0 Å². The van der Waals surface area contributed by atoms with E-state index in [4.69, 9.17) is 4.74 Å². The Labute approximate surface area is 92.8 Å². The average molecular weight is 224 g/mol. The van der Waals surface area contributed by atoms with Gasteiger partial charge in [-0.1, -0.05) is 6.07 Å². The SMILES string of the molecule is CCOC(=O)c1cccc(C(=O)OOC)c1. The molecule has 1 aromatic rings. The summed E-state index contributed by atoms with van der Waals surface area (Å²) in [6, 6.07) is 6.03. The summed E-state index contributed by atoms with van der Waals surface area (Å²) in [5.74, 6) is -1.14. The summed E-state index contributed by atoms with van der Waals surface area (Å²) in [7, 11) is 1.23. The fourth-order valence-corrected chi connectivity index (χ4v) is 1.11. The van der Waals surface area contributed by atoms with Crippen LogP contribution in [0.25, 0.3) is 0 Å². The van der Waals surface area contributed by atoms with Crippen LogP contribution in [0.5, 0.6) is 0 Å². The molecule has 0 atom stereocenters. The maximum absolute atomic E-state index is 11.4. The van der Waals surface area contributed by atoms with Crippen molar-refractivity contribution >= 4 is 11.9 Å². The number of benzene rings is 1. The molecule has 0 amide bonds. The van der Waals surface area contributed by atoms with Gasteiger partial charge in [0.15, 0.2) is 0 Å². The first-order valence-corrected chi connectivity index (χ1v) is 4.71. The molecule has 1 aromatic carbocycles. The van der Waals surface area contributed by atoms with E-state index in [0.717, 1.165) is 0 Å². The van der Waals surface area contributed by atoms with E-state index in [1.807, 2.05) is 0 Å². The van der Waals surface area contributed by atoms with E-state index in [-0.39, 0.29) is 12.2 Å². The zero-order valence-corrected chi connectivity index (χ0v) is 9.06. The highest BCUT2D eigenvalue weighted by Gasteiger charge is 2.12. The van der Waals surface area contributed by atoms with Crippen LogP contribution >= 0.6 is 0 Å². The van der Waals surface area contributed by atoms with Crippen molar-refractivity contribution in [1.29, 1.82) is 0 Å². The van der Waals surface area contributed by atoms with Gasteiger partial charge in [-0.2, -0.15) is 4.89 Å². The van der Waals surface area contributed by atoms with Crippen LogP contribution in [0.15, 0.2) is 24.3 Å². The second-order valence-corrected chi connectivity index (χ2v) is 2.84. The molecule has 5 heteroatoms. The number of rotatable bonds is 4. The Morgan fingerprint density at radius 1 is 1.19 bits per heavy atom. The highest BCUT2D eigenvalue weighted by molar-refractivity contribution is 5.95. The van der Waals surface area contributed by atoms with Gasteiger partial charge in [0.2, 0.25) is 0 Å². The molecular weight excluding hydrogens is 212 g/mol. The molecule has 0 bridgehead atoms. The number of hydrogen-bond acceptors (Lipinski definition) is 5. The Bertz CT molecular complexity index is 352. The van der Waals surface area contributed by atoms with Gasteiger partial charge in [-0.15, -0.1) is 0 Å². The van der Waals surface area contributed by atoms with Crippen LogP contribution in [-0.4, -0.2) is 25.7 Å². The van der Waals surface area contributed by atoms with Crippen molar-refractivity contribution in [1.82, 2.24) is 0 Å². The highest BCUT2D eigenvalue weighted by atomic mass is 17.2. The van der Waals surface area contributed by atoms with Gasteiger partial charge in [0, 0.05) is 0 Å². The van der Waals surface area contributed by atoms with Gasteiger partial charge >= 0.3 is 11.9 Å². The summed E-state index contributed by atoms with van der Waals surface area (Å²) >= 11 is 0. The highest BCUT2D eigenvalue weighted by Crippen LogP contribution is 2.08. The molecule has 0 spiro atoms. The second kappa shape index (κ2) is 5.87. The van der Waals surface area contributed by atoms with E-state index in [1.54, 1.807) is 19.1 Å². The second-order valence-electron chi connectivity index (χ2n) is 2.84. The van der Waals surface area contributed by atoms with Crippen LogP contribution in [-0.2, 0) is 14.5 Å². The minimum absolute atomic E-state index is 0.229. The van der Waals surface area contributed by atoms with Crippen LogP contribution in [0.3, 0.4) is 0 Å². The predicted molar refractivity (Wildman–Crippen MR) is 54.8 cm³/mol. The van der Waals surface area contributed by atoms with Gasteiger partial charge in [-0.05, 0) is 25.1 Å². The first-order valence-electron chi connectivity index (χ1n) is 4.71. The monoisotopic (exact) mass is 224 g/mol. The number of carbonyl (C=O) groups excluding carboxylic acids is 2. The summed E-state index contributed by atoms with van der Waals surface area (Å²) < 4.78 is 4.80. The molecule has 0 saturated carbocycles. The van der Waals surface area contributed by atoms with Gasteiger partial charge in [0.25, 0.3) is 0 Å². The maximum atomic E-state index is 11.4. The summed E-state index contributed by atoms with van der Waals surface area (Å²) in [5.41, 5.74) is 0.528. The van der Waals surface area contributed by atoms with Crippen molar-refractivity contribution in [2.24, 2.45) is 0 Å². The lowest BCUT2D eigenvalue weighted by Crippen LogP contribution is -2.08. The lowest BCUT2D eigenvalue weighted by Gasteiger charge is -2.03. The molecule has 0 heterocycles. The Balaban J connectivity index is 2.86. The Hall–Kier alpha value is -1.88. The molecule has 0 aromatic heterocycles. The third kappa shape index (κ3) is 3.06. The molecule has 0 unspecified atom stereocenters. The Morgan fingerprint density at radius 2 is 1.81 bits per heavy atom. The van der Waals surface area contributed by atoms with Crippen LogP contribution in [0.4, 0.5) is 0 Å². The van der Waals surface area contributed by atoms with E-state index >= 15 is 0 Å². The Kier molecular flexibility index (Phi) is 4.47. The molecule has 0 radical (unpaired) electrons. The van der Waals surface area contributed by atoms with Crippen molar-refractivity contribution in [3.05, 3.63) is 35.4 Å². The van der Waals surface area contributed by atoms with Gasteiger partial charge < -0.3 is 4.74 Å². The van der Waals surface area contributed by atoms with E-state index in [0.29, 0.717) is 5.56 Å². The molecule has 0 saturated heterocycles. The van der Waals surface area contributed by atoms with Crippen molar-refractivity contribution in [2.45, 2.75) is 6.92 Å². The largest absolute Gasteiger partial charge is 0.462 e. The molecule has 0 fully saturated rings. The van der Waals surface area contributed by atoms with E-state index in [9.17, 15) is 9.59 Å². The van der Waals surface area contributed by atoms with Gasteiger partial charge in [0.05, 0.1) is 24.8 Å². The standard InChI is InChI=1S/C11H12O5/c1-3-15-10(12)8-5-4-6-9(7-8)11(13)16-14-2/h4-7H,3H2,1-2H3.